The largest absolute Gasteiger partial charge is 0.320 e. The van der Waals surface area contributed by atoms with Gasteiger partial charge in [-0.3, -0.25) is 0 Å². The van der Waals surface area contributed by atoms with Crippen LogP contribution in [0.4, 0.5) is 8.78 Å². The first kappa shape index (κ1) is 12.2. The Balaban J connectivity index is 1.84. The van der Waals surface area contributed by atoms with E-state index in [1.165, 1.54) is 32.1 Å². The molecular formula is C12H22F2N2. The number of rotatable bonds is 2. The van der Waals surface area contributed by atoms with Gasteiger partial charge in [0.25, 0.3) is 6.43 Å². The smallest absolute Gasteiger partial charge is 0.256 e. The Morgan fingerprint density at radius 1 is 1.06 bits per heavy atom. The highest BCUT2D eigenvalue weighted by molar-refractivity contribution is 4.94. The fourth-order valence-electron chi connectivity index (χ4n) is 2.97. The number of halogens is 2. The van der Waals surface area contributed by atoms with E-state index in [1.807, 2.05) is 0 Å². The third-order valence-electron chi connectivity index (χ3n) is 4.25. The molecule has 2 N–H and O–H groups in total. The third kappa shape index (κ3) is 2.54. The van der Waals surface area contributed by atoms with Crippen molar-refractivity contribution < 1.29 is 8.78 Å². The highest BCUT2D eigenvalue weighted by atomic mass is 19.3. The minimum Gasteiger partial charge on any atom is -0.320 e. The Morgan fingerprint density at radius 2 is 1.62 bits per heavy atom. The molecule has 94 valence electrons. The topological polar surface area (TPSA) is 29.3 Å². The number of alkyl halides is 2. The maximum absolute atomic E-state index is 12.7. The molecule has 1 saturated carbocycles. The monoisotopic (exact) mass is 232 g/mol. The number of nitrogens with two attached hydrogens (primary N) is 1. The molecule has 0 unspecified atom stereocenters. The van der Waals surface area contributed by atoms with Crippen molar-refractivity contribution in [2.75, 3.05) is 13.1 Å². The molecule has 1 saturated heterocycles. The van der Waals surface area contributed by atoms with E-state index in [9.17, 15) is 8.78 Å². The molecule has 1 aliphatic carbocycles. The number of hydrogen-bond acceptors (Lipinski definition) is 2. The van der Waals surface area contributed by atoms with Gasteiger partial charge < -0.3 is 10.6 Å². The predicted molar refractivity (Wildman–Crippen MR) is 60.6 cm³/mol. The molecule has 4 heteroatoms. The normalized spacial score (nSPS) is 28.5. The lowest BCUT2D eigenvalue weighted by atomic mass is 9.86. The Morgan fingerprint density at radius 3 is 2.12 bits per heavy atom. The second-order valence-electron chi connectivity index (χ2n) is 5.36. The first-order valence-electron chi connectivity index (χ1n) is 6.43. The van der Waals surface area contributed by atoms with Crippen molar-refractivity contribution >= 4 is 0 Å². The van der Waals surface area contributed by atoms with Crippen molar-refractivity contribution in [1.29, 1.82) is 0 Å². The van der Waals surface area contributed by atoms with Crippen molar-refractivity contribution in [2.24, 2.45) is 5.73 Å². The van der Waals surface area contributed by atoms with Gasteiger partial charge in [0, 0.05) is 19.1 Å². The quantitative estimate of drug-likeness (QED) is 0.792. The molecule has 0 aromatic heterocycles. The Hall–Kier alpha value is -0.220. The molecule has 2 aliphatic rings. The van der Waals surface area contributed by atoms with Crippen molar-refractivity contribution in [1.82, 2.24) is 4.90 Å². The van der Waals surface area contributed by atoms with Gasteiger partial charge in [0.05, 0.1) is 5.54 Å². The van der Waals surface area contributed by atoms with E-state index in [4.69, 9.17) is 5.73 Å². The standard InChI is InChI=1S/C12H22F2N2/c13-11(14)12(15)6-8-16(9-7-12)10-4-2-1-3-5-10/h10-11H,1-9,15H2. The van der Waals surface area contributed by atoms with Gasteiger partial charge in [0.15, 0.2) is 0 Å². The van der Waals surface area contributed by atoms with E-state index in [1.54, 1.807) is 0 Å². The second kappa shape index (κ2) is 4.96. The first-order valence-corrected chi connectivity index (χ1v) is 6.43. The average Bonchev–Trinajstić information content (AvgIpc) is 2.31. The average molecular weight is 232 g/mol. The van der Waals surface area contributed by atoms with E-state index < -0.39 is 12.0 Å². The number of likely N-dealkylation sites (tertiary alicyclic amines) is 1. The molecule has 1 aliphatic heterocycles. The molecule has 2 nitrogen and oxygen atoms in total. The van der Waals surface area contributed by atoms with E-state index in [-0.39, 0.29) is 0 Å². The fourth-order valence-corrected chi connectivity index (χ4v) is 2.97. The van der Waals surface area contributed by atoms with E-state index in [2.05, 4.69) is 4.90 Å². The zero-order valence-electron chi connectivity index (χ0n) is 9.80. The molecule has 16 heavy (non-hydrogen) atoms. The summed E-state index contributed by atoms with van der Waals surface area (Å²) in [5, 5.41) is 0. The van der Waals surface area contributed by atoms with Gasteiger partial charge in [-0.1, -0.05) is 19.3 Å². The molecular weight excluding hydrogens is 210 g/mol. The summed E-state index contributed by atoms with van der Waals surface area (Å²) in [7, 11) is 0. The lowest BCUT2D eigenvalue weighted by molar-refractivity contribution is -0.00126. The molecule has 0 bridgehead atoms. The number of piperidine rings is 1. The van der Waals surface area contributed by atoms with Crippen LogP contribution in [0.25, 0.3) is 0 Å². The summed E-state index contributed by atoms with van der Waals surface area (Å²) in [6.07, 6.45) is 4.93. The summed E-state index contributed by atoms with van der Waals surface area (Å²) in [4.78, 5) is 2.38. The lowest BCUT2D eigenvalue weighted by Gasteiger charge is -2.43. The van der Waals surface area contributed by atoms with E-state index >= 15 is 0 Å². The molecule has 0 amide bonds. The minimum atomic E-state index is -2.37. The molecule has 2 rings (SSSR count). The van der Waals surface area contributed by atoms with Crippen LogP contribution in [0.2, 0.25) is 0 Å². The first-order chi connectivity index (χ1) is 7.62. The number of hydrogen-bond donors (Lipinski definition) is 1. The molecule has 0 aromatic rings. The van der Waals surface area contributed by atoms with Gasteiger partial charge >= 0.3 is 0 Å². The van der Waals surface area contributed by atoms with Gasteiger partial charge in [0.1, 0.15) is 0 Å². The maximum atomic E-state index is 12.7. The van der Waals surface area contributed by atoms with Gasteiger partial charge in [-0.2, -0.15) is 0 Å². The summed E-state index contributed by atoms with van der Waals surface area (Å²) in [5.74, 6) is 0. The fraction of sp³-hybridized carbons (Fsp3) is 1.00. The zero-order chi connectivity index (χ0) is 11.6. The summed E-state index contributed by atoms with van der Waals surface area (Å²) in [5.41, 5.74) is 4.50. The molecule has 1 heterocycles. The maximum Gasteiger partial charge on any atom is 0.256 e. The van der Waals surface area contributed by atoms with Crippen LogP contribution >= 0.6 is 0 Å². The molecule has 0 spiro atoms. The Labute approximate surface area is 96.2 Å². The van der Waals surface area contributed by atoms with Crippen LogP contribution in [0.1, 0.15) is 44.9 Å². The van der Waals surface area contributed by atoms with E-state index in [0.717, 1.165) is 13.1 Å². The van der Waals surface area contributed by atoms with Gasteiger partial charge in [-0.25, -0.2) is 8.78 Å². The van der Waals surface area contributed by atoms with Gasteiger partial charge in [-0.05, 0) is 25.7 Å². The van der Waals surface area contributed by atoms with Crippen molar-refractivity contribution in [3.63, 3.8) is 0 Å². The Bertz CT molecular complexity index is 219. The van der Waals surface area contributed by atoms with Crippen LogP contribution in [0, 0.1) is 0 Å². The summed E-state index contributed by atoms with van der Waals surface area (Å²) < 4.78 is 25.5. The van der Waals surface area contributed by atoms with Crippen LogP contribution in [-0.4, -0.2) is 36.0 Å². The molecule has 2 fully saturated rings. The predicted octanol–water partition coefficient (Wildman–Crippen LogP) is 2.38. The van der Waals surface area contributed by atoms with Crippen molar-refractivity contribution in [3.8, 4) is 0 Å². The van der Waals surface area contributed by atoms with Crippen LogP contribution < -0.4 is 5.73 Å². The highest BCUT2D eigenvalue weighted by Gasteiger charge is 2.40. The second-order valence-corrected chi connectivity index (χ2v) is 5.36. The van der Waals surface area contributed by atoms with Gasteiger partial charge in [-0.15, -0.1) is 0 Å². The summed E-state index contributed by atoms with van der Waals surface area (Å²) in [6, 6.07) is 0.635. The minimum absolute atomic E-state index is 0.446. The van der Waals surface area contributed by atoms with Crippen LogP contribution in [0.5, 0.6) is 0 Å². The summed E-state index contributed by atoms with van der Waals surface area (Å²) in [6.45, 7) is 1.51. The SMILES string of the molecule is NC1(C(F)F)CCN(C2CCCCC2)CC1. The van der Waals surface area contributed by atoms with Crippen molar-refractivity contribution in [3.05, 3.63) is 0 Å². The Kier molecular flexibility index (Phi) is 3.80. The van der Waals surface area contributed by atoms with E-state index in [0.29, 0.717) is 18.9 Å². The molecule has 0 aromatic carbocycles. The molecule has 0 atom stereocenters. The number of nitrogens with zero attached hydrogens (tertiary/aromatic N) is 1. The van der Waals surface area contributed by atoms with Gasteiger partial charge in [0.2, 0.25) is 0 Å². The summed E-state index contributed by atoms with van der Waals surface area (Å²) >= 11 is 0. The lowest BCUT2D eigenvalue weighted by Crippen LogP contribution is -2.56. The third-order valence-corrected chi connectivity index (χ3v) is 4.25. The zero-order valence-corrected chi connectivity index (χ0v) is 9.80. The molecule has 0 radical (unpaired) electrons. The van der Waals surface area contributed by atoms with Crippen molar-refractivity contribution in [2.45, 2.75) is 63.0 Å². The highest BCUT2D eigenvalue weighted by Crippen LogP contribution is 2.30. The van der Waals surface area contributed by atoms with Crippen LogP contribution in [0.15, 0.2) is 0 Å². The van der Waals surface area contributed by atoms with Crippen LogP contribution in [0.3, 0.4) is 0 Å². The van der Waals surface area contributed by atoms with Crippen LogP contribution in [-0.2, 0) is 0 Å².